The Morgan fingerprint density at radius 1 is 0.310 bits per heavy atom. The second-order valence-corrected chi connectivity index (χ2v) is 11.6. The quantitative estimate of drug-likeness (QED) is 0.117. The highest BCUT2D eigenvalue weighted by Gasteiger charge is 2.34. The van der Waals surface area contributed by atoms with Gasteiger partial charge >= 0.3 is 0 Å². The predicted molar refractivity (Wildman–Crippen MR) is 164 cm³/mol. The minimum atomic E-state index is -0.285. The number of benzene rings is 8. The van der Waals surface area contributed by atoms with Crippen LogP contribution in [0, 0.1) is 0 Å². The molecule has 42 heavy (non-hydrogen) atoms. The molecule has 0 bridgehead atoms. The number of carbonyl (C=O) groups excluding carboxylic acids is 4. The lowest BCUT2D eigenvalue weighted by Gasteiger charge is -2.27. The van der Waals surface area contributed by atoms with Crippen LogP contribution in [-0.4, -0.2) is 47.5 Å². The summed E-state index contributed by atoms with van der Waals surface area (Å²) < 4.78 is 0. The summed E-state index contributed by atoms with van der Waals surface area (Å²) >= 11 is 0. The summed E-state index contributed by atoms with van der Waals surface area (Å²) in [5.74, 6) is -1.14. The molecule has 6 heteroatoms. The Balaban J connectivity index is 1.44. The first kappa shape index (κ1) is 22.1. The molecule has 0 saturated heterocycles. The van der Waals surface area contributed by atoms with Gasteiger partial charge in [-0.05, 0) is 88.9 Å². The van der Waals surface area contributed by atoms with E-state index in [1.54, 1.807) is 0 Å². The van der Waals surface area contributed by atoms with Gasteiger partial charge in [0.1, 0.15) is 0 Å². The van der Waals surface area contributed by atoms with Crippen molar-refractivity contribution in [2.75, 3.05) is 14.1 Å². The average Bonchev–Trinajstić information content (AvgIpc) is 3.02. The monoisotopic (exact) mass is 542 g/mol. The van der Waals surface area contributed by atoms with Crippen LogP contribution in [0.4, 0.5) is 0 Å². The SMILES string of the molecule is CN1C(=O)c2ccc3c4ccc5c6ccc7c8c(ccc(c9ccc(c%10ccc(c2c3%10)C1=O)c4c59)c86)C(=O)N(C)C7=O. The number of fused-ring (bicyclic) bond motifs is 4. The fraction of sp³-hybridized carbons (Fsp3) is 0.0556. The molecule has 10 rings (SSSR count). The molecule has 6 nitrogen and oxygen atoms in total. The number of imide groups is 2. The third-order valence-corrected chi connectivity index (χ3v) is 9.78. The number of rotatable bonds is 0. The van der Waals surface area contributed by atoms with Crippen molar-refractivity contribution in [2.45, 2.75) is 0 Å². The molecule has 0 atom stereocenters. The van der Waals surface area contributed by atoms with E-state index in [0.29, 0.717) is 22.3 Å². The zero-order valence-electron chi connectivity index (χ0n) is 22.5. The van der Waals surface area contributed by atoms with Crippen molar-refractivity contribution in [1.82, 2.24) is 9.80 Å². The van der Waals surface area contributed by atoms with Crippen LogP contribution >= 0.6 is 0 Å². The van der Waals surface area contributed by atoms with Gasteiger partial charge in [0.05, 0.1) is 0 Å². The van der Waals surface area contributed by atoms with Gasteiger partial charge in [0.15, 0.2) is 0 Å². The minimum Gasteiger partial charge on any atom is -0.277 e. The highest BCUT2D eigenvalue weighted by molar-refractivity contribution is 6.45. The lowest BCUT2D eigenvalue weighted by Crippen LogP contribution is -2.36. The topological polar surface area (TPSA) is 74.8 Å². The van der Waals surface area contributed by atoms with E-state index in [1.165, 1.54) is 23.9 Å². The van der Waals surface area contributed by atoms with E-state index in [2.05, 4.69) is 24.3 Å². The third kappa shape index (κ3) is 2.19. The molecule has 0 saturated carbocycles. The molecule has 0 unspecified atom stereocenters. The van der Waals surface area contributed by atoms with E-state index >= 15 is 0 Å². The first-order valence-corrected chi connectivity index (χ1v) is 13.8. The van der Waals surface area contributed by atoms with Crippen LogP contribution < -0.4 is 0 Å². The average molecular weight is 543 g/mol. The highest BCUT2D eigenvalue weighted by atomic mass is 16.2. The van der Waals surface area contributed by atoms with E-state index in [0.717, 1.165) is 75.4 Å². The molecule has 8 aromatic carbocycles. The van der Waals surface area contributed by atoms with Gasteiger partial charge in [-0.2, -0.15) is 0 Å². The van der Waals surface area contributed by atoms with Crippen LogP contribution in [0.3, 0.4) is 0 Å². The van der Waals surface area contributed by atoms with Gasteiger partial charge in [-0.3, -0.25) is 29.0 Å². The summed E-state index contributed by atoms with van der Waals surface area (Å²) in [4.78, 5) is 54.8. The molecule has 8 aromatic rings. The largest absolute Gasteiger partial charge is 0.277 e. The number of carbonyl (C=O) groups is 4. The van der Waals surface area contributed by atoms with Crippen molar-refractivity contribution >= 4 is 99.0 Å². The number of hydrogen-bond acceptors (Lipinski definition) is 4. The maximum absolute atomic E-state index is 13.1. The van der Waals surface area contributed by atoms with E-state index in [1.807, 2.05) is 48.5 Å². The molecule has 0 spiro atoms. The first-order valence-electron chi connectivity index (χ1n) is 13.8. The van der Waals surface area contributed by atoms with Crippen molar-refractivity contribution in [3.8, 4) is 0 Å². The van der Waals surface area contributed by atoms with Crippen LogP contribution in [0.5, 0.6) is 0 Å². The van der Waals surface area contributed by atoms with Gasteiger partial charge in [-0.25, -0.2) is 0 Å². The molecule has 2 aliphatic heterocycles. The normalized spacial score (nSPS) is 15.5. The van der Waals surface area contributed by atoms with Crippen LogP contribution in [0.15, 0.2) is 72.8 Å². The minimum absolute atomic E-state index is 0.285. The standard InChI is InChI=1S/C36H18N2O4/c1-37-33(39)23-11-7-19-15-3-5-17-21-9-13-25-32-26(36(42)38(2)35(25)41)14-10-22(30(21)32)18-6-4-16(27(15)28(17)18)20-8-12-24(34(37)40)31(23)29(19)20/h3-14H,1-2H3. The Morgan fingerprint density at radius 2 is 0.500 bits per heavy atom. The molecule has 4 amide bonds. The maximum Gasteiger partial charge on any atom is 0.261 e. The number of amides is 4. The van der Waals surface area contributed by atoms with Crippen LogP contribution in [-0.2, 0) is 0 Å². The summed E-state index contributed by atoms with van der Waals surface area (Å²) in [5.41, 5.74) is 2.19. The van der Waals surface area contributed by atoms with Gasteiger partial charge in [0, 0.05) is 47.1 Å². The van der Waals surface area contributed by atoms with Crippen molar-refractivity contribution in [1.29, 1.82) is 0 Å². The van der Waals surface area contributed by atoms with Crippen LogP contribution in [0.25, 0.3) is 75.4 Å². The lowest BCUT2D eigenvalue weighted by molar-refractivity contribution is 0.0635. The number of hydrogen-bond donors (Lipinski definition) is 0. The second-order valence-electron chi connectivity index (χ2n) is 11.6. The van der Waals surface area contributed by atoms with E-state index in [9.17, 15) is 19.2 Å². The summed E-state index contributed by atoms with van der Waals surface area (Å²) in [6.45, 7) is 0. The summed E-state index contributed by atoms with van der Waals surface area (Å²) in [5, 5.41) is 13.8. The van der Waals surface area contributed by atoms with Crippen molar-refractivity contribution in [2.24, 2.45) is 0 Å². The van der Waals surface area contributed by atoms with Crippen LogP contribution in [0.2, 0.25) is 0 Å². The maximum atomic E-state index is 13.1. The molecule has 0 radical (unpaired) electrons. The zero-order valence-corrected chi connectivity index (χ0v) is 22.5. The fourth-order valence-electron chi connectivity index (χ4n) is 7.90. The highest BCUT2D eigenvalue weighted by Crippen LogP contribution is 2.49. The van der Waals surface area contributed by atoms with Gasteiger partial charge in [-0.15, -0.1) is 0 Å². The van der Waals surface area contributed by atoms with Crippen molar-refractivity contribution in [3.05, 3.63) is 95.1 Å². The third-order valence-electron chi connectivity index (χ3n) is 9.78. The second kappa shape index (κ2) is 6.81. The van der Waals surface area contributed by atoms with Crippen LogP contribution in [0.1, 0.15) is 41.4 Å². The number of nitrogens with zero attached hydrogens (tertiary/aromatic N) is 2. The summed E-state index contributed by atoms with van der Waals surface area (Å²) in [7, 11) is 3.06. The van der Waals surface area contributed by atoms with Gasteiger partial charge < -0.3 is 0 Å². The molecule has 196 valence electrons. The van der Waals surface area contributed by atoms with Crippen molar-refractivity contribution in [3.63, 3.8) is 0 Å². The Hall–Kier alpha value is -5.62. The molecule has 2 aliphatic rings. The Labute approximate surface area is 237 Å². The molecular formula is C36H18N2O4. The van der Waals surface area contributed by atoms with E-state index in [-0.39, 0.29) is 23.6 Å². The summed E-state index contributed by atoms with van der Waals surface area (Å²) in [6, 6.07) is 23.9. The predicted octanol–water partition coefficient (Wildman–Crippen LogP) is 7.09. The van der Waals surface area contributed by atoms with Gasteiger partial charge in [0.25, 0.3) is 23.6 Å². The van der Waals surface area contributed by atoms with Gasteiger partial charge in [-0.1, -0.05) is 48.5 Å². The summed E-state index contributed by atoms with van der Waals surface area (Å²) in [6.07, 6.45) is 0. The molecular weight excluding hydrogens is 524 g/mol. The van der Waals surface area contributed by atoms with Crippen molar-refractivity contribution < 1.29 is 19.2 Å². The Morgan fingerprint density at radius 3 is 0.738 bits per heavy atom. The molecule has 2 heterocycles. The molecule has 0 fully saturated rings. The Bertz CT molecular complexity index is 2330. The fourth-order valence-corrected chi connectivity index (χ4v) is 7.90. The Kier molecular flexibility index (Phi) is 3.58. The zero-order chi connectivity index (χ0) is 28.3. The molecule has 0 aromatic heterocycles. The smallest absolute Gasteiger partial charge is 0.261 e. The van der Waals surface area contributed by atoms with E-state index in [4.69, 9.17) is 0 Å². The first-order chi connectivity index (χ1) is 20.4. The molecule has 0 aliphatic carbocycles. The van der Waals surface area contributed by atoms with E-state index < -0.39 is 0 Å². The van der Waals surface area contributed by atoms with Gasteiger partial charge in [0.2, 0.25) is 0 Å². The molecule has 0 N–H and O–H groups in total. The lowest BCUT2D eigenvalue weighted by atomic mass is 9.81.